The van der Waals surface area contributed by atoms with Crippen LogP contribution in [0.2, 0.25) is 5.02 Å². The van der Waals surface area contributed by atoms with E-state index < -0.39 is 0 Å². The van der Waals surface area contributed by atoms with Crippen LogP contribution in [0.4, 0.5) is 0 Å². The Morgan fingerprint density at radius 2 is 1.71 bits per heavy atom. The first-order valence-corrected chi connectivity index (χ1v) is 7.37. The molecule has 2 aromatic carbocycles. The summed E-state index contributed by atoms with van der Waals surface area (Å²) >= 11 is 6.17. The van der Waals surface area contributed by atoms with Crippen LogP contribution in [0.5, 0.6) is 5.75 Å². The first-order chi connectivity index (χ1) is 10.1. The normalized spacial score (nSPS) is 13.7. The second kappa shape index (κ2) is 7.46. The number of nitrogens with two attached hydrogens (primary N) is 1. The van der Waals surface area contributed by atoms with Crippen molar-refractivity contribution in [2.75, 3.05) is 13.7 Å². The summed E-state index contributed by atoms with van der Waals surface area (Å²) in [5, 5.41) is 4.14. The van der Waals surface area contributed by atoms with Gasteiger partial charge < -0.3 is 15.8 Å². The molecule has 2 rings (SSSR count). The Balaban J connectivity index is 2.01. The van der Waals surface area contributed by atoms with Crippen molar-refractivity contribution in [3.63, 3.8) is 0 Å². The van der Waals surface area contributed by atoms with Crippen LogP contribution in [0.3, 0.4) is 0 Å². The van der Waals surface area contributed by atoms with Crippen molar-refractivity contribution in [2.24, 2.45) is 5.73 Å². The van der Waals surface area contributed by atoms with Crippen molar-refractivity contribution in [1.29, 1.82) is 0 Å². The molecule has 0 bridgehead atoms. The fourth-order valence-corrected chi connectivity index (χ4v) is 2.60. The summed E-state index contributed by atoms with van der Waals surface area (Å²) < 4.78 is 5.38. The summed E-state index contributed by atoms with van der Waals surface area (Å²) in [6, 6.07) is 15.7. The van der Waals surface area contributed by atoms with Gasteiger partial charge in [0.1, 0.15) is 5.75 Å². The van der Waals surface area contributed by atoms with Gasteiger partial charge in [0.25, 0.3) is 0 Å². The zero-order chi connectivity index (χ0) is 15.2. The van der Waals surface area contributed by atoms with Crippen molar-refractivity contribution in [3.8, 4) is 5.75 Å². The largest absolute Gasteiger partial charge is 0.496 e. The molecular formula is C17H21ClN2O. The number of methoxy groups -OCH3 is 1. The molecule has 21 heavy (non-hydrogen) atoms. The van der Waals surface area contributed by atoms with E-state index in [1.165, 1.54) is 0 Å². The number of para-hydroxylation sites is 1. The van der Waals surface area contributed by atoms with Gasteiger partial charge in [-0.25, -0.2) is 0 Å². The average Bonchev–Trinajstić information content (AvgIpc) is 2.52. The van der Waals surface area contributed by atoms with Crippen molar-refractivity contribution in [2.45, 2.75) is 19.0 Å². The molecule has 0 saturated heterocycles. The lowest BCUT2D eigenvalue weighted by atomic mass is 10.0. The highest BCUT2D eigenvalue weighted by Crippen LogP contribution is 2.25. The molecule has 0 radical (unpaired) electrons. The maximum absolute atomic E-state index is 6.21. The van der Waals surface area contributed by atoms with Gasteiger partial charge in [-0.2, -0.15) is 0 Å². The number of hydrogen-bond donors (Lipinski definition) is 2. The molecule has 0 aromatic heterocycles. The molecule has 2 atom stereocenters. The van der Waals surface area contributed by atoms with E-state index in [4.69, 9.17) is 22.1 Å². The third kappa shape index (κ3) is 3.97. The van der Waals surface area contributed by atoms with Crippen molar-refractivity contribution < 1.29 is 4.74 Å². The molecule has 0 fully saturated rings. The Morgan fingerprint density at radius 3 is 2.38 bits per heavy atom. The van der Waals surface area contributed by atoms with E-state index in [0.29, 0.717) is 11.6 Å². The molecule has 3 N–H and O–H groups in total. The molecule has 0 aliphatic heterocycles. The number of halogens is 1. The standard InChI is InChI=1S/C17H21ClN2O/c1-12(13-7-4-6-10-17(13)21-2)20-11-16(19)14-8-3-5-9-15(14)18/h3-10,12,16,20H,11,19H2,1-2H3. The fourth-order valence-electron chi connectivity index (χ4n) is 2.32. The SMILES string of the molecule is COc1ccccc1C(C)NCC(N)c1ccccc1Cl. The molecule has 3 nitrogen and oxygen atoms in total. The Morgan fingerprint density at radius 1 is 1.10 bits per heavy atom. The number of benzene rings is 2. The topological polar surface area (TPSA) is 47.3 Å². The molecule has 0 aliphatic rings. The lowest BCUT2D eigenvalue weighted by molar-refractivity contribution is 0.400. The maximum Gasteiger partial charge on any atom is 0.123 e. The Hall–Kier alpha value is -1.55. The second-order valence-corrected chi connectivity index (χ2v) is 5.41. The number of nitrogens with one attached hydrogen (secondary N) is 1. The molecule has 4 heteroatoms. The highest BCUT2D eigenvalue weighted by atomic mass is 35.5. The third-order valence-corrected chi connectivity index (χ3v) is 3.90. The van der Waals surface area contributed by atoms with Crippen LogP contribution in [0, 0.1) is 0 Å². The smallest absolute Gasteiger partial charge is 0.123 e. The van der Waals surface area contributed by atoms with Gasteiger partial charge in [-0.15, -0.1) is 0 Å². The summed E-state index contributed by atoms with van der Waals surface area (Å²) in [5.41, 5.74) is 8.29. The van der Waals surface area contributed by atoms with Gasteiger partial charge in [0.05, 0.1) is 7.11 Å². The molecule has 0 amide bonds. The molecule has 0 heterocycles. The number of ether oxygens (including phenoxy) is 1. The summed E-state index contributed by atoms with van der Waals surface area (Å²) in [6.45, 7) is 2.74. The van der Waals surface area contributed by atoms with Gasteiger partial charge in [-0.1, -0.05) is 48.0 Å². The summed E-state index contributed by atoms with van der Waals surface area (Å²) in [5.74, 6) is 0.879. The van der Waals surface area contributed by atoms with Crippen molar-refractivity contribution >= 4 is 11.6 Å². The van der Waals surface area contributed by atoms with Gasteiger partial charge in [-0.3, -0.25) is 0 Å². The van der Waals surface area contributed by atoms with E-state index in [1.807, 2.05) is 42.5 Å². The molecular weight excluding hydrogens is 284 g/mol. The zero-order valence-corrected chi connectivity index (χ0v) is 13.1. The van der Waals surface area contributed by atoms with Crippen LogP contribution < -0.4 is 15.8 Å². The molecule has 2 aromatic rings. The van der Waals surface area contributed by atoms with Gasteiger partial charge in [-0.05, 0) is 24.6 Å². The van der Waals surface area contributed by atoms with E-state index in [0.717, 1.165) is 16.9 Å². The van der Waals surface area contributed by atoms with Crippen molar-refractivity contribution in [1.82, 2.24) is 5.32 Å². The summed E-state index contributed by atoms with van der Waals surface area (Å²) in [4.78, 5) is 0. The van der Waals surface area contributed by atoms with Gasteiger partial charge in [0, 0.05) is 29.2 Å². The van der Waals surface area contributed by atoms with Crippen LogP contribution in [0.15, 0.2) is 48.5 Å². The molecule has 0 aliphatic carbocycles. The second-order valence-electron chi connectivity index (χ2n) is 5.00. The molecule has 112 valence electrons. The summed E-state index contributed by atoms with van der Waals surface area (Å²) in [6.07, 6.45) is 0. The highest BCUT2D eigenvalue weighted by Gasteiger charge is 2.14. The number of rotatable bonds is 6. The Labute approximate surface area is 131 Å². The lowest BCUT2D eigenvalue weighted by Gasteiger charge is -2.20. The lowest BCUT2D eigenvalue weighted by Crippen LogP contribution is -2.29. The Bertz CT molecular complexity index is 589. The monoisotopic (exact) mass is 304 g/mol. The maximum atomic E-state index is 6.21. The van der Waals surface area contributed by atoms with E-state index in [1.54, 1.807) is 7.11 Å². The summed E-state index contributed by atoms with van der Waals surface area (Å²) in [7, 11) is 1.68. The molecule has 0 saturated carbocycles. The van der Waals surface area contributed by atoms with Crippen LogP contribution in [0.25, 0.3) is 0 Å². The van der Waals surface area contributed by atoms with Gasteiger partial charge >= 0.3 is 0 Å². The fraction of sp³-hybridized carbons (Fsp3) is 0.294. The third-order valence-electron chi connectivity index (χ3n) is 3.55. The predicted molar refractivity (Wildman–Crippen MR) is 87.8 cm³/mol. The van der Waals surface area contributed by atoms with E-state index in [-0.39, 0.29) is 12.1 Å². The van der Waals surface area contributed by atoms with Crippen molar-refractivity contribution in [3.05, 3.63) is 64.7 Å². The number of hydrogen-bond acceptors (Lipinski definition) is 3. The van der Waals surface area contributed by atoms with E-state index >= 15 is 0 Å². The predicted octanol–water partition coefficient (Wildman–Crippen LogP) is 3.70. The van der Waals surface area contributed by atoms with Crippen LogP contribution >= 0.6 is 11.6 Å². The van der Waals surface area contributed by atoms with Crippen LogP contribution in [-0.4, -0.2) is 13.7 Å². The minimum absolute atomic E-state index is 0.143. The first-order valence-electron chi connectivity index (χ1n) is 6.99. The van der Waals surface area contributed by atoms with Crippen LogP contribution in [-0.2, 0) is 0 Å². The van der Waals surface area contributed by atoms with Gasteiger partial charge in [0.2, 0.25) is 0 Å². The minimum Gasteiger partial charge on any atom is -0.496 e. The molecule has 0 spiro atoms. The highest BCUT2D eigenvalue weighted by molar-refractivity contribution is 6.31. The van der Waals surface area contributed by atoms with E-state index in [2.05, 4.69) is 18.3 Å². The molecule has 2 unspecified atom stereocenters. The van der Waals surface area contributed by atoms with Crippen LogP contribution in [0.1, 0.15) is 30.1 Å². The van der Waals surface area contributed by atoms with Gasteiger partial charge in [0.15, 0.2) is 0 Å². The first kappa shape index (κ1) is 15.8. The average molecular weight is 305 g/mol. The quantitative estimate of drug-likeness (QED) is 0.855. The Kier molecular flexibility index (Phi) is 5.62. The zero-order valence-electron chi connectivity index (χ0n) is 12.3. The van der Waals surface area contributed by atoms with E-state index in [9.17, 15) is 0 Å². The minimum atomic E-state index is -0.143.